The second-order valence-electron chi connectivity index (χ2n) is 3.74. The zero-order valence-corrected chi connectivity index (χ0v) is 9.76. The highest BCUT2D eigenvalue weighted by molar-refractivity contribution is 6.31. The van der Waals surface area contributed by atoms with Crippen molar-refractivity contribution in [1.29, 1.82) is 0 Å². The number of rotatable bonds is 4. The van der Waals surface area contributed by atoms with Gasteiger partial charge in [-0.2, -0.15) is 0 Å². The lowest BCUT2D eigenvalue weighted by Crippen LogP contribution is -2.34. The van der Waals surface area contributed by atoms with Crippen molar-refractivity contribution in [2.45, 2.75) is 19.5 Å². The molecule has 15 heavy (non-hydrogen) atoms. The molecule has 1 rings (SSSR count). The van der Waals surface area contributed by atoms with E-state index in [0.717, 1.165) is 5.56 Å². The van der Waals surface area contributed by atoms with Gasteiger partial charge in [0.25, 0.3) is 0 Å². The molecule has 1 aromatic rings. The lowest BCUT2D eigenvalue weighted by atomic mass is 10.2. The van der Waals surface area contributed by atoms with Crippen LogP contribution in [0.2, 0.25) is 5.02 Å². The van der Waals surface area contributed by atoms with Crippen LogP contribution >= 0.6 is 11.6 Å². The van der Waals surface area contributed by atoms with Gasteiger partial charge in [0.1, 0.15) is 5.82 Å². The summed E-state index contributed by atoms with van der Waals surface area (Å²) in [5, 5.41) is 0.590. The van der Waals surface area contributed by atoms with E-state index in [2.05, 4.69) is 0 Å². The molecule has 1 unspecified atom stereocenters. The van der Waals surface area contributed by atoms with E-state index >= 15 is 0 Å². The Morgan fingerprint density at radius 1 is 1.53 bits per heavy atom. The quantitative estimate of drug-likeness (QED) is 0.860. The van der Waals surface area contributed by atoms with Gasteiger partial charge in [0, 0.05) is 24.2 Å². The maximum Gasteiger partial charge on any atom is 0.123 e. The molecule has 2 N–H and O–H groups in total. The Hall–Kier alpha value is -0.640. The third-order valence-electron chi connectivity index (χ3n) is 2.52. The summed E-state index contributed by atoms with van der Waals surface area (Å²) in [7, 11) is 1.94. The number of nitrogens with zero attached hydrogens (tertiary/aromatic N) is 1. The standard InChI is InChI=1S/C11H16ClFN2/c1-8(6-14)15(2)7-9-5-10(13)3-4-11(9)12/h3-5,8H,6-7,14H2,1-2H3. The average Bonchev–Trinajstić information content (AvgIpc) is 2.22. The van der Waals surface area contributed by atoms with Gasteiger partial charge in [-0.15, -0.1) is 0 Å². The normalized spacial score (nSPS) is 13.2. The molecule has 84 valence electrons. The second-order valence-corrected chi connectivity index (χ2v) is 4.14. The summed E-state index contributed by atoms with van der Waals surface area (Å²) in [6.45, 7) is 3.20. The maximum absolute atomic E-state index is 13.0. The summed E-state index contributed by atoms with van der Waals surface area (Å²) in [5.41, 5.74) is 6.34. The molecule has 1 aromatic carbocycles. The SMILES string of the molecule is CC(CN)N(C)Cc1cc(F)ccc1Cl. The molecule has 0 aliphatic heterocycles. The number of hydrogen-bond acceptors (Lipinski definition) is 2. The summed E-state index contributed by atoms with van der Waals surface area (Å²) in [5.74, 6) is -0.261. The third-order valence-corrected chi connectivity index (χ3v) is 2.89. The zero-order valence-electron chi connectivity index (χ0n) is 9.00. The van der Waals surface area contributed by atoms with Crippen LogP contribution < -0.4 is 5.73 Å². The minimum absolute atomic E-state index is 0.254. The zero-order chi connectivity index (χ0) is 11.4. The first-order valence-corrected chi connectivity index (χ1v) is 5.26. The van der Waals surface area contributed by atoms with Crippen LogP contribution in [0.3, 0.4) is 0 Å². The van der Waals surface area contributed by atoms with Crippen LogP contribution in [0, 0.1) is 5.82 Å². The molecule has 4 heteroatoms. The average molecular weight is 231 g/mol. The fourth-order valence-electron chi connectivity index (χ4n) is 1.27. The van der Waals surface area contributed by atoms with Crippen molar-refractivity contribution in [2.24, 2.45) is 5.73 Å². The Balaban J connectivity index is 2.75. The Morgan fingerprint density at radius 2 is 2.20 bits per heavy atom. The molecule has 2 nitrogen and oxygen atoms in total. The van der Waals surface area contributed by atoms with Gasteiger partial charge in [-0.3, -0.25) is 4.90 Å². The van der Waals surface area contributed by atoms with E-state index in [-0.39, 0.29) is 11.9 Å². The van der Waals surface area contributed by atoms with Crippen LogP contribution in [0.25, 0.3) is 0 Å². The second kappa shape index (κ2) is 5.45. The Labute approximate surface area is 94.8 Å². The van der Waals surface area contributed by atoms with Crippen LogP contribution in [0.1, 0.15) is 12.5 Å². The van der Waals surface area contributed by atoms with Gasteiger partial charge in [-0.05, 0) is 37.7 Å². The van der Waals surface area contributed by atoms with Crippen molar-refractivity contribution in [3.63, 3.8) is 0 Å². The van der Waals surface area contributed by atoms with E-state index in [0.29, 0.717) is 18.1 Å². The first-order valence-electron chi connectivity index (χ1n) is 4.89. The van der Waals surface area contributed by atoms with Crippen molar-refractivity contribution in [1.82, 2.24) is 4.90 Å². The van der Waals surface area contributed by atoms with Gasteiger partial charge in [-0.25, -0.2) is 4.39 Å². The van der Waals surface area contributed by atoms with E-state index in [9.17, 15) is 4.39 Å². The molecule has 0 fully saturated rings. The Morgan fingerprint density at radius 3 is 2.80 bits per heavy atom. The first-order chi connectivity index (χ1) is 7.04. The summed E-state index contributed by atoms with van der Waals surface area (Å²) >= 11 is 5.96. The highest BCUT2D eigenvalue weighted by Gasteiger charge is 2.10. The summed E-state index contributed by atoms with van der Waals surface area (Å²) in [6.07, 6.45) is 0. The molecule has 0 amide bonds. The number of benzene rings is 1. The van der Waals surface area contributed by atoms with Crippen molar-refractivity contribution in [3.8, 4) is 0 Å². The predicted octanol–water partition coefficient (Wildman–Crippen LogP) is 2.26. The minimum atomic E-state index is -0.261. The highest BCUT2D eigenvalue weighted by atomic mass is 35.5. The van der Waals surface area contributed by atoms with Crippen molar-refractivity contribution >= 4 is 11.6 Å². The van der Waals surface area contributed by atoms with E-state index in [1.165, 1.54) is 12.1 Å². The number of likely N-dealkylation sites (N-methyl/N-ethyl adjacent to an activating group) is 1. The summed E-state index contributed by atoms with van der Waals surface area (Å²) in [4.78, 5) is 2.04. The molecule has 1 atom stereocenters. The smallest absolute Gasteiger partial charge is 0.123 e. The molecule has 0 bridgehead atoms. The number of nitrogens with two attached hydrogens (primary N) is 1. The predicted molar refractivity (Wildman–Crippen MR) is 61.4 cm³/mol. The highest BCUT2D eigenvalue weighted by Crippen LogP contribution is 2.19. The molecule has 0 saturated heterocycles. The fraction of sp³-hybridized carbons (Fsp3) is 0.455. The van der Waals surface area contributed by atoms with Crippen LogP contribution in [0.5, 0.6) is 0 Å². The van der Waals surface area contributed by atoms with Gasteiger partial charge in [-0.1, -0.05) is 11.6 Å². The van der Waals surface area contributed by atoms with E-state index < -0.39 is 0 Å². The minimum Gasteiger partial charge on any atom is -0.329 e. The summed E-state index contributed by atoms with van der Waals surface area (Å²) in [6, 6.07) is 4.65. The van der Waals surface area contributed by atoms with Crippen molar-refractivity contribution in [3.05, 3.63) is 34.6 Å². The molecule has 0 radical (unpaired) electrons. The van der Waals surface area contributed by atoms with Crippen molar-refractivity contribution in [2.75, 3.05) is 13.6 Å². The molecular formula is C11H16ClFN2. The monoisotopic (exact) mass is 230 g/mol. The molecule has 0 spiro atoms. The van der Waals surface area contributed by atoms with Gasteiger partial charge in [0.15, 0.2) is 0 Å². The summed E-state index contributed by atoms with van der Waals surface area (Å²) < 4.78 is 13.0. The van der Waals surface area contributed by atoms with Crippen LogP contribution in [-0.4, -0.2) is 24.5 Å². The Bertz CT molecular complexity index is 330. The molecule has 0 saturated carbocycles. The van der Waals surface area contributed by atoms with Crippen LogP contribution in [0.4, 0.5) is 4.39 Å². The lowest BCUT2D eigenvalue weighted by Gasteiger charge is -2.23. The van der Waals surface area contributed by atoms with Crippen molar-refractivity contribution < 1.29 is 4.39 Å². The van der Waals surface area contributed by atoms with Gasteiger partial charge in [0.2, 0.25) is 0 Å². The largest absolute Gasteiger partial charge is 0.329 e. The fourth-order valence-corrected chi connectivity index (χ4v) is 1.45. The van der Waals surface area contributed by atoms with E-state index in [1.54, 1.807) is 6.07 Å². The molecule has 0 aromatic heterocycles. The van der Waals surface area contributed by atoms with Gasteiger partial charge >= 0.3 is 0 Å². The molecule has 0 aliphatic rings. The number of halogens is 2. The first kappa shape index (κ1) is 12.4. The maximum atomic E-state index is 13.0. The van der Waals surface area contributed by atoms with Gasteiger partial charge in [0.05, 0.1) is 0 Å². The number of hydrogen-bond donors (Lipinski definition) is 1. The third kappa shape index (κ3) is 3.45. The van der Waals surface area contributed by atoms with Gasteiger partial charge < -0.3 is 5.73 Å². The van der Waals surface area contributed by atoms with E-state index in [4.69, 9.17) is 17.3 Å². The van der Waals surface area contributed by atoms with E-state index in [1.807, 2.05) is 18.9 Å². The lowest BCUT2D eigenvalue weighted by molar-refractivity contribution is 0.254. The molecule has 0 heterocycles. The topological polar surface area (TPSA) is 29.3 Å². The van der Waals surface area contributed by atoms with Crippen LogP contribution in [0.15, 0.2) is 18.2 Å². The molecule has 0 aliphatic carbocycles. The van der Waals surface area contributed by atoms with Crippen LogP contribution in [-0.2, 0) is 6.54 Å². The Kier molecular flexibility index (Phi) is 4.51. The molecular weight excluding hydrogens is 215 g/mol.